The van der Waals surface area contributed by atoms with Crippen LogP contribution in [0.15, 0.2) is 23.2 Å². The molecule has 0 aromatic heterocycles. The van der Waals surface area contributed by atoms with Gasteiger partial charge >= 0.3 is 6.18 Å². The first-order chi connectivity index (χ1) is 9.80. The number of halogens is 5. The summed E-state index contributed by atoms with van der Waals surface area (Å²) in [6, 6.07) is 3.17. The summed E-state index contributed by atoms with van der Waals surface area (Å²) < 4.78 is 61.9. The monoisotopic (exact) mass is 309 g/mol. The van der Waals surface area contributed by atoms with Gasteiger partial charge in [0, 0.05) is 26.2 Å². The molecule has 8 heteroatoms. The van der Waals surface area contributed by atoms with E-state index in [0.29, 0.717) is 12.0 Å². The van der Waals surface area contributed by atoms with Crippen molar-refractivity contribution in [3.63, 3.8) is 0 Å². The number of rotatable bonds is 5. The van der Waals surface area contributed by atoms with Crippen molar-refractivity contribution in [3.8, 4) is 0 Å². The van der Waals surface area contributed by atoms with Crippen molar-refractivity contribution in [2.45, 2.75) is 19.0 Å². The van der Waals surface area contributed by atoms with Crippen molar-refractivity contribution >= 4 is 5.96 Å². The van der Waals surface area contributed by atoms with Crippen LogP contribution in [0.4, 0.5) is 22.0 Å². The fraction of sp³-hybridized carbons (Fsp3) is 0.462. The van der Waals surface area contributed by atoms with Crippen LogP contribution >= 0.6 is 0 Å². The van der Waals surface area contributed by atoms with Gasteiger partial charge in [-0.1, -0.05) is 0 Å². The lowest BCUT2D eigenvalue weighted by Crippen LogP contribution is -2.39. The van der Waals surface area contributed by atoms with Gasteiger partial charge in [0.2, 0.25) is 0 Å². The van der Waals surface area contributed by atoms with E-state index in [1.165, 1.54) is 19.2 Å². The Morgan fingerprint density at radius 1 is 1.05 bits per heavy atom. The predicted molar refractivity (Wildman–Crippen MR) is 70.1 cm³/mol. The van der Waals surface area contributed by atoms with Crippen molar-refractivity contribution in [2.75, 3.05) is 20.1 Å². The lowest BCUT2D eigenvalue weighted by Gasteiger charge is -2.13. The second-order valence-electron chi connectivity index (χ2n) is 4.32. The molecule has 0 amide bonds. The Kier molecular flexibility index (Phi) is 6.39. The molecule has 21 heavy (non-hydrogen) atoms. The summed E-state index contributed by atoms with van der Waals surface area (Å²) in [4.78, 5) is 3.75. The largest absolute Gasteiger partial charge is 0.390 e. The molecule has 0 saturated heterocycles. The highest BCUT2D eigenvalue weighted by Gasteiger charge is 2.26. The quantitative estimate of drug-likeness (QED) is 0.498. The molecule has 0 fully saturated rings. The number of guanidine groups is 1. The zero-order valence-electron chi connectivity index (χ0n) is 11.4. The maximum atomic E-state index is 13.0. The maximum absolute atomic E-state index is 13.0. The first-order valence-corrected chi connectivity index (χ1v) is 6.26. The summed E-state index contributed by atoms with van der Waals surface area (Å²) in [5, 5.41) is 5.28. The lowest BCUT2D eigenvalue weighted by atomic mass is 10.1. The average Bonchev–Trinajstić information content (AvgIpc) is 2.34. The number of benzene rings is 1. The second kappa shape index (κ2) is 7.80. The van der Waals surface area contributed by atoms with Crippen LogP contribution in [0.25, 0.3) is 0 Å². The highest BCUT2D eigenvalue weighted by Crippen LogP contribution is 2.18. The molecule has 0 aliphatic rings. The number of alkyl halides is 3. The molecular weight excluding hydrogens is 293 g/mol. The predicted octanol–water partition coefficient (Wildman–Crippen LogP) is 2.62. The third-order valence-electron chi connectivity index (χ3n) is 2.55. The van der Waals surface area contributed by atoms with E-state index in [2.05, 4.69) is 15.6 Å². The Labute approximate surface area is 119 Å². The van der Waals surface area contributed by atoms with Gasteiger partial charge in [-0.25, -0.2) is 8.78 Å². The first-order valence-electron chi connectivity index (χ1n) is 6.26. The fourth-order valence-electron chi connectivity index (χ4n) is 1.62. The van der Waals surface area contributed by atoms with Gasteiger partial charge < -0.3 is 10.6 Å². The molecule has 0 heterocycles. The zero-order chi connectivity index (χ0) is 15.9. The van der Waals surface area contributed by atoms with Gasteiger partial charge in [-0.3, -0.25) is 4.99 Å². The summed E-state index contributed by atoms with van der Waals surface area (Å²) in [5.41, 5.74) is 0.450. The van der Waals surface area contributed by atoms with Crippen LogP contribution in [-0.4, -0.2) is 32.3 Å². The van der Waals surface area contributed by atoms with Gasteiger partial charge in [-0.05, 0) is 24.1 Å². The fourth-order valence-corrected chi connectivity index (χ4v) is 1.62. The van der Waals surface area contributed by atoms with Crippen LogP contribution < -0.4 is 10.6 Å². The topological polar surface area (TPSA) is 36.4 Å². The van der Waals surface area contributed by atoms with E-state index < -0.39 is 24.2 Å². The summed E-state index contributed by atoms with van der Waals surface area (Å²) in [6.45, 7) is -0.00759. The van der Waals surface area contributed by atoms with Crippen LogP contribution in [0.2, 0.25) is 0 Å². The van der Waals surface area contributed by atoms with E-state index in [4.69, 9.17) is 0 Å². The Balaban J connectivity index is 2.35. The van der Waals surface area contributed by atoms with Crippen molar-refractivity contribution in [2.24, 2.45) is 4.99 Å². The second-order valence-corrected chi connectivity index (χ2v) is 4.32. The number of nitrogens with one attached hydrogen (secondary N) is 2. The Morgan fingerprint density at radius 2 is 1.62 bits per heavy atom. The highest BCUT2D eigenvalue weighted by molar-refractivity contribution is 5.79. The summed E-state index contributed by atoms with van der Waals surface area (Å²) in [7, 11) is 1.42. The normalized spacial score (nSPS) is 12.4. The molecular formula is C13H16F5N3. The number of hydrogen-bond acceptors (Lipinski definition) is 1. The number of aliphatic imine (C=N–C) groups is 1. The van der Waals surface area contributed by atoms with Crippen LogP contribution in [0.5, 0.6) is 0 Å². The van der Waals surface area contributed by atoms with E-state index >= 15 is 0 Å². The number of nitrogens with zero attached hydrogens (tertiary/aromatic N) is 1. The molecule has 118 valence electrons. The lowest BCUT2D eigenvalue weighted by molar-refractivity contribution is -0.132. The SMILES string of the molecule is CN=C(NCCc1cc(F)cc(F)c1)NCCC(F)(F)F. The zero-order valence-corrected chi connectivity index (χ0v) is 11.4. The van der Waals surface area contributed by atoms with Gasteiger partial charge in [0.1, 0.15) is 11.6 Å². The van der Waals surface area contributed by atoms with Gasteiger partial charge in [-0.15, -0.1) is 0 Å². The van der Waals surface area contributed by atoms with Gasteiger partial charge in [0.25, 0.3) is 0 Å². The third kappa shape index (κ3) is 7.48. The minimum Gasteiger partial charge on any atom is -0.356 e. The Morgan fingerprint density at radius 3 is 2.14 bits per heavy atom. The molecule has 3 nitrogen and oxygen atoms in total. The van der Waals surface area contributed by atoms with Gasteiger partial charge in [0.15, 0.2) is 5.96 Å². The molecule has 0 atom stereocenters. The van der Waals surface area contributed by atoms with Gasteiger partial charge in [0.05, 0.1) is 6.42 Å². The average molecular weight is 309 g/mol. The Bertz CT molecular complexity index is 465. The third-order valence-corrected chi connectivity index (χ3v) is 2.55. The van der Waals surface area contributed by atoms with Crippen LogP contribution in [0.3, 0.4) is 0 Å². The van der Waals surface area contributed by atoms with Crippen molar-refractivity contribution in [1.29, 1.82) is 0 Å². The molecule has 0 radical (unpaired) electrons. The molecule has 0 aliphatic carbocycles. The highest BCUT2D eigenvalue weighted by atomic mass is 19.4. The van der Waals surface area contributed by atoms with Crippen LogP contribution in [-0.2, 0) is 6.42 Å². The molecule has 0 bridgehead atoms. The van der Waals surface area contributed by atoms with Crippen molar-refractivity contribution in [3.05, 3.63) is 35.4 Å². The van der Waals surface area contributed by atoms with E-state index in [1.807, 2.05) is 0 Å². The molecule has 0 saturated carbocycles. The summed E-state index contributed by atoms with van der Waals surface area (Å²) in [5.74, 6) is -1.13. The summed E-state index contributed by atoms with van der Waals surface area (Å²) >= 11 is 0. The van der Waals surface area contributed by atoms with Crippen molar-refractivity contribution in [1.82, 2.24) is 10.6 Å². The molecule has 2 N–H and O–H groups in total. The van der Waals surface area contributed by atoms with E-state index in [-0.39, 0.29) is 19.0 Å². The molecule has 1 aromatic carbocycles. The molecule has 0 unspecified atom stereocenters. The molecule has 0 spiro atoms. The van der Waals surface area contributed by atoms with Crippen LogP contribution in [0, 0.1) is 11.6 Å². The first kappa shape index (κ1) is 17.2. The maximum Gasteiger partial charge on any atom is 0.390 e. The van der Waals surface area contributed by atoms with Crippen molar-refractivity contribution < 1.29 is 22.0 Å². The minimum absolute atomic E-state index is 0.205. The minimum atomic E-state index is -4.23. The summed E-state index contributed by atoms with van der Waals surface area (Å²) in [6.07, 6.45) is -4.89. The molecule has 0 aliphatic heterocycles. The standard InChI is InChI=1S/C13H16F5N3/c1-19-12(21-5-3-13(16,17)18)20-4-2-9-6-10(14)8-11(15)7-9/h6-8H,2-5H2,1H3,(H2,19,20,21). The Hall–Kier alpha value is -1.86. The van der Waals surface area contributed by atoms with Gasteiger partial charge in [-0.2, -0.15) is 13.2 Å². The van der Waals surface area contributed by atoms with E-state index in [0.717, 1.165) is 6.07 Å². The van der Waals surface area contributed by atoms with Crippen LogP contribution in [0.1, 0.15) is 12.0 Å². The molecule has 1 rings (SSSR count). The van der Waals surface area contributed by atoms with E-state index in [1.54, 1.807) is 0 Å². The van der Waals surface area contributed by atoms with E-state index in [9.17, 15) is 22.0 Å². The number of hydrogen-bond donors (Lipinski definition) is 2. The molecule has 1 aromatic rings. The smallest absolute Gasteiger partial charge is 0.356 e.